The highest BCUT2D eigenvalue weighted by Gasteiger charge is 2.28. The van der Waals surface area contributed by atoms with Crippen LogP contribution in [0.3, 0.4) is 0 Å². The van der Waals surface area contributed by atoms with Gasteiger partial charge in [0.1, 0.15) is 17.8 Å². The van der Waals surface area contributed by atoms with E-state index in [0.29, 0.717) is 13.2 Å². The van der Waals surface area contributed by atoms with E-state index in [9.17, 15) is 9.90 Å². The van der Waals surface area contributed by atoms with E-state index in [1.54, 1.807) is 20.8 Å². The summed E-state index contributed by atoms with van der Waals surface area (Å²) in [7, 11) is 0. The normalized spacial score (nSPS) is 19.6. The number of nitrogens with one attached hydrogen (secondary N) is 1. The van der Waals surface area contributed by atoms with Crippen molar-refractivity contribution < 1.29 is 28.8 Å². The zero-order chi connectivity index (χ0) is 20.4. The van der Waals surface area contributed by atoms with Crippen molar-refractivity contribution in [1.29, 1.82) is 0 Å². The van der Waals surface area contributed by atoms with E-state index in [1.807, 2.05) is 30.3 Å². The Bertz CT molecular complexity index is 568. The lowest BCUT2D eigenvalue weighted by Crippen LogP contribution is -2.46. The average molecular weight is 395 g/mol. The molecule has 2 rings (SSSR count). The van der Waals surface area contributed by atoms with Crippen LogP contribution in [0.4, 0.5) is 4.79 Å². The monoisotopic (exact) mass is 395 g/mol. The Morgan fingerprint density at radius 1 is 1.25 bits per heavy atom. The predicted octanol–water partition coefficient (Wildman–Crippen LogP) is 3.00. The number of carbonyl (C=O) groups excluding carboxylic acids is 1. The standard InChI is InChI=1S/C21H33NO6/c1-21(2,3)28-20(24)22-13-17(26-15-16-9-5-4-6-10-16)18(14-23)27-19-11-7-8-12-25-19/h4-6,9-10,17-19,23H,7-8,11-15H2,1-3H3,(H,22,24)/t17-,18-,19?/m0/s1. The first kappa shape index (κ1) is 22.6. The first-order chi connectivity index (χ1) is 13.4. The lowest BCUT2D eigenvalue weighted by atomic mass is 10.1. The van der Waals surface area contributed by atoms with Gasteiger partial charge in [0.25, 0.3) is 0 Å². The summed E-state index contributed by atoms with van der Waals surface area (Å²) >= 11 is 0. The molecule has 0 aliphatic carbocycles. The highest BCUT2D eigenvalue weighted by molar-refractivity contribution is 5.67. The Morgan fingerprint density at radius 2 is 2.00 bits per heavy atom. The topological polar surface area (TPSA) is 86.3 Å². The third kappa shape index (κ3) is 8.56. The fourth-order valence-corrected chi connectivity index (χ4v) is 2.83. The summed E-state index contributed by atoms with van der Waals surface area (Å²) in [5.74, 6) is 0. The minimum absolute atomic E-state index is 0.152. The van der Waals surface area contributed by atoms with Crippen LogP contribution in [0.2, 0.25) is 0 Å². The lowest BCUT2D eigenvalue weighted by molar-refractivity contribution is -0.220. The maximum Gasteiger partial charge on any atom is 0.407 e. The van der Waals surface area contributed by atoms with Gasteiger partial charge < -0.3 is 29.4 Å². The van der Waals surface area contributed by atoms with Crippen LogP contribution in [0.5, 0.6) is 0 Å². The zero-order valence-corrected chi connectivity index (χ0v) is 17.1. The van der Waals surface area contributed by atoms with Crippen LogP contribution < -0.4 is 5.32 Å². The lowest BCUT2D eigenvalue weighted by Gasteiger charge is -2.32. The van der Waals surface area contributed by atoms with Gasteiger partial charge in [0, 0.05) is 13.2 Å². The number of alkyl carbamates (subject to hydrolysis) is 1. The van der Waals surface area contributed by atoms with Crippen molar-refractivity contribution >= 4 is 6.09 Å². The quantitative estimate of drug-likeness (QED) is 0.668. The number of hydrogen-bond donors (Lipinski definition) is 2. The fraction of sp³-hybridized carbons (Fsp3) is 0.667. The van der Waals surface area contributed by atoms with Gasteiger partial charge in [0.15, 0.2) is 6.29 Å². The van der Waals surface area contributed by atoms with Crippen molar-refractivity contribution in [3.63, 3.8) is 0 Å². The zero-order valence-electron chi connectivity index (χ0n) is 17.1. The molecule has 1 aromatic rings. The molecule has 7 heteroatoms. The summed E-state index contributed by atoms with van der Waals surface area (Å²) in [6.45, 7) is 6.30. The van der Waals surface area contributed by atoms with Crippen molar-refractivity contribution in [3.8, 4) is 0 Å². The van der Waals surface area contributed by atoms with Crippen molar-refractivity contribution in [1.82, 2.24) is 5.32 Å². The van der Waals surface area contributed by atoms with Crippen LogP contribution in [-0.4, -0.2) is 55.1 Å². The molecule has 1 amide bonds. The predicted molar refractivity (Wildman–Crippen MR) is 105 cm³/mol. The number of amides is 1. The molecule has 158 valence electrons. The smallest absolute Gasteiger partial charge is 0.407 e. The van der Waals surface area contributed by atoms with Gasteiger partial charge in [0.05, 0.1) is 13.2 Å². The van der Waals surface area contributed by atoms with E-state index in [4.69, 9.17) is 18.9 Å². The minimum atomic E-state index is -0.623. The summed E-state index contributed by atoms with van der Waals surface area (Å²) in [6, 6.07) is 9.71. The number of aliphatic hydroxyl groups is 1. The molecule has 1 aromatic carbocycles. The summed E-state index contributed by atoms with van der Waals surface area (Å²) < 4.78 is 22.8. The highest BCUT2D eigenvalue weighted by atomic mass is 16.7. The minimum Gasteiger partial charge on any atom is -0.444 e. The van der Waals surface area contributed by atoms with Crippen LogP contribution >= 0.6 is 0 Å². The Morgan fingerprint density at radius 3 is 2.61 bits per heavy atom. The Kier molecular flexibility index (Phi) is 9.18. The average Bonchev–Trinajstić information content (AvgIpc) is 2.67. The molecule has 0 aromatic heterocycles. The maximum atomic E-state index is 12.0. The SMILES string of the molecule is CC(C)(C)OC(=O)NC[C@H](OCc1ccccc1)[C@H](CO)OC1CCCCO1. The van der Waals surface area contributed by atoms with Gasteiger partial charge >= 0.3 is 6.09 Å². The molecule has 0 radical (unpaired) electrons. The van der Waals surface area contributed by atoms with Gasteiger partial charge in [-0.2, -0.15) is 0 Å². The summed E-state index contributed by atoms with van der Waals surface area (Å²) in [5, 5.41) is 12.6. The molecule has 0 spiro atoms. The molecule has 1 saturated heterocycles. The van der Waals surface area contributed by atoms with Gasteiger partial charge in [-0.3, -0.25) is 0 Å². The molecule has 28 heavy (non-hydrogen) atoms. The summed E-state index contributed by atoms with van der Waals surface area (Å²) in [5.41, 5.74) is 0.406. The molecule has 1 fully saturated rings. The van der Waals surface area contributed by atoms with E-state index in [2.05, 4.69) is 5.32 Å². The van der Waals surface area contributed by atoms with Crippen molar-refractivity contribution in [3.05, 3.63) is 35.9 Å². The first-order valence-corrected chi connectivity index (χ1v) is 9.87. The Hall–Kier alpha value is -1.67. The second kappa shape index (κ2) is 11.4. The molecule has 0 bridgehead atoms. The molecular formula is C21H33NO6. The van der Waals surface area contributed by atoms with Crippen molar-refractivity contribution in [2.75, 3.05) is 19.8 Å². The van der Waals surface area contributed by atoms with Gasteiger partial charge in [-0.1, -0.05) is 30.3 Å². The summed E-state index contributed by atoms with van der Waals surface area (Å²) in [6.07, 6.45) is 0.736. The fourth-order valence-electron chi connectivity index (χ4n) is 2.83. The molecule has 0 saturated carbocycles. The van der Waals surface area contributed by atoms with Crippen LogP contribution in [0, 0.1) is 0 Å². The molecule has 1 aliphatic heterocycles. The molecule has 3 atom stereocenters. The third-order valence-electron chi connectivity index (χ3n) is 4.21. The molecule has 1 aliphatic rings. The molecule has 2 N–H and O–H groups in total. The number of aliphatic hydroxyl groups excluding tert-OH is 1. The molecule has 1 unspecified atom stereocenters. The van der Waals surface area contributed by atoms with Gasteiger partial charge in [-0.05, 0) is 45.6 Å². The summed E-state index contributed by atoms with van der Waals surface area (Å²) in [4.78, 5) is 12.0. The van der Waals surface area contributed by atoms with Crippen LogP contribution in [0.25, 0.3) is 0 Å². The van der Waals surface area contributed by atoms with Crippen LogP contribution in [0.1, 0.15) is 45.6 Å². The molecule has 1 heterocycles. The maximum absolute atomic E-state index is 12.0. The Labute approximate surface area is 167 Å². The largest absolute Gasteiger partial charge is 0.444 e. The van der Waals surface area contributed by atoms with E-state index in [0.717, 1.165) is 24.8 Å². The van der Waals surface area contributed by atoms with Gasteiger partial charge in [-0.25, -0.2) is 4.79 Å². The van der Waals surface area contributed by atoms with E-state index < -0.39 is 23.9 Å². The number of benzene rings is 1. The molecule has 7 nitrogen and oxygen atoms in total. The van der Waals surface area contributed by atoms with Crippen molar-refractivity contribution in [2.45, 2.75) is 70.7 Å². The van der Waals surface area contributed by atoms with Crippen LogP contribution in [-0.2, 0) is 25.6 Å². The number of rotatable bonds is 9. The number of ether oxygens (including phenoxy) is 4. The van der Waals surface area contributed by atoms with E-state index in [-0.39, 0.29) is 19.4 Å². The second-order valence-corrected chi connectivity index (χ2v) is 7.87. The molecular weight excluding hydrogens is 362 g/mol. The van der Waals surface area contributed by atoms with E-state index >= 15 is 0 Å². The number of hydrogen-bond acceptors (Lipinski definition) is 6. The van der Waals surface area contributed by atoms with E-state index in [1.165, 1.54) is 0 Å². The van der Waals surface area contributed by atoms with Gasteiger partial charge in [-0.15, -0.1) is 0 Å². The second-order valence-electron chi connectivity index (χ2n) is 7.87. The van der Waals surface area contributed by atoms with Gasteiger partial charge in [0.2, 0.25) is 0 Å². The highest BCUT2D eigenvalue weighted by Crippen LogP contribution is 2.18. The first-order valence-electron chi connectivity index (χ1n) is 9.87. The van der Waals surface area contributed by atoms with Crippen molar-refractivity contribution in [2.24, 2.45) is 0 Å². The Balaban J connectivity index is 1.97. The van der Waals surface area contributed by atoms with Crippen LogP contribution in [0.15, 0.2) is 30.3 Å². The third-order valence-corrected chi connectivity index (χ3v) is 4.21. The number of carbonyl (C=O) groups is 1.